The number of hydrogen-bond acceptors (Lipinski definition) is 4. The SMILES string of the molecule is COC(=O)CC1(CSC(C)C(=O)N(C)C)CC1. The lowest BCUT2D eigenvalue weighted by Crippen LogP contribution is -2.30. The molecule has 0 aromatic rings. The van der Waals surface area contributed by atoms with Crippen molar-refractivity contribution in [2.24, 2.45) is 5.41 Å². The van der Waals surface area contributed by atoms with E-state index in [0.29, 0.717) is 6.42 Å². The average Bonchev–Trinajstić information content (AvgIpc) is 3.05. The third-order valence-corrected chi connectivity index (χ3v) is 4.61. The number of methoxy groups -OCH3 is 1. The van der Waals surface area contributed by atoms with Crippen LogP contribution in [0, 0.1) is 5.41 Å². The Labute approximate surface area is 107 Å². The number of rotatable bonds is 6. The topological polar surface area (TPSA) is 46.6 Å². The van der Waals surface area contributed by atoms with Crippen LogP contribution >= 0.6 is 11.8 Å². The number of nitrogens with zero attached hydrogens (tertiary/aromatic N) is 1. The van der Waals surface area contributed by atoms with Gasteiger partial charge in [-0.25, -0.2) is 0 Å². The van der Waals surface area contributed by atoms with Gasteiger partial charge in [-0.3, -0.25) is 9.59 Å². The zero-order valence-electron chi connectivity index (χ0n) is 11.0. The normalized spacial score (nSPS) is 18.4. The summed E-state index contributed by atoms with van der Waals surface area (Å²) in [5.74, 6) is 0.849. The van der Waals surface area contributed by atoms with Gasteiger partial charge in [0.1, 0.15) is 0 Å². The monoisotopic (exact) mass is 259 g/mol. The number of amides is 1. The summed E-state index contributed by atoms with van der Waals surface area (Å²) in [6.45, 7) is 1.92. The zero-order chi connectivity index (χ0) is 13.1. The first-order chi connectivity index (χ1) is 7.90. The van der Waals surface area contributed by atoms with Crippen LogP contribution in [-0.2, 0) is 14.3 Å². The van der Waals surface area contributed by atoms with Crippen LogP contribution in [-0.4, -0.2) is 49.0 Å². The van der Waals surface area contributed by atoms with Gasteiger partial charge in [0, 0.05) is 19.8 Å². The van der Waals surface area contributed by atoms with E-state index in [9.17, 15) is 9.59 Å². The fourth-order valence-corrected chi connectivity index (χ4v) is 3.01. The van der Waals surface area contributed by atoms with Crippen molar-refractivity contribution < 1.29 is 14.3 Å². The zero-order valence-corrected chi connectivity index (χ0v) is 11.8. The third-order valence-electron chi connectivity index (χ3n) is 3.13. The predicted molar refractivity (Wildman–Crippen MR) is 68.9 cm³/mol. The second-order valence-electron chi connectivity index (χ2n) is 4.94. The first-order valence-corrected chi connectivity index (χ1v) is 6.85. The fourth-order valence-electron chi connectivity index (χ4n) is 1.66. The summed E-state index contributed by atoms with van der Waals surface area (Å²) in [5.41, 5.74) is 0.0958. The minimum absolute atomic E-state index is 0.0416. The number of ether oxygens (including phenoxy) is 1. The summed E-state index contributed by atoms with van der Waals surface area (Å²) < 4.78 is 4.70. The predicted octanol–water partition coefficient (Wildman–Crippen LogP) is 1.54. The van der Waals surface area contributed by atoms with Crippen molar-refractivity contribution in [3.05, 3.63) is 0 Å². The molecular formula is C12H21NO3S. The molecule has 17 heavy (non-hydrogen) atoms. The molecule has 1 rings (SSSR count). The molecule has 0 spiro atoms. The molecule has 98 valence electrons. The van der Waals surface area contributed by atoms with Crippen LogP contribution in [0.15, 0.2) is 0 Å². The molecule has 1 unspecified atom stereocenters. The van der Waals surface area contributed by atoms with Crippen LogP contribution in [0.1, 0.15) is 26.2 Å². The van der Waals surface area contributed by atoms with Crippen LogP contribution in [0.5, 0.6) is 0 Å². The van der Waals surface area contributed by atoms with Crippen molar-refractivity contribution in [2.75, 3.05) is 27.0 Å². The van der Waals surface area contributed by atoms with E-state index in [1.54, 1.807) is 30.8 Å². The van der Waals surface area contributed by atoms with Gasteiger partial charge >= 0.3 is 5.97 Å². The molecule has 1 aliphatic rings. The molecule has 0 aromatic carbocycles. The van der Waals surface area contributed by atoms with Gasteiger partial charge < -0.3 is 9.64 Å². The van der Waals surface area contributed by atoms with E-state index in [4.69, 9.17) is 4.74 Å². The summed E-state index contributed by atoms with van der Waals surface area (Å²) in [6, 6.07) is 0. The molecule has 1 fully saturated rings. The fraction of sp³-hybridized carbons (Fsp3) is 0.833. The molecule has 1 saturated carbocycles. The Morgan fingerprint density at radius 2 is 2.00 bits per heavy atom. The Bertz CT molecular complexity index is 300. The highest BCUT2D eigenvalue weighted by molar-refractivity contribution is 8.00. The first-order valence-electron chi connectivity index (χ1n) is 5.80. The lowest BCUT2D eigenvalue weighted by molar-refractivity contribution is -0.141. The second kappa shape index (κ2) is 5.76. The van der Waals surface area contributed by atoms with Crippen molar-refractivity contribution in [3.8, 4) is 0 Å². The Balaban J connectivity index is 2.35. The van der Waals surface area contributed by atoms with E-state index >= 15 is 0 Å². The molecule has 1 aliphatic carbocycles. The summed E-state index contributed by atoms with van der Waals surface area (Å²) in [6.07, 6.45) is 2.62. The van der Waals surface area contributed by atoms with E-state index in [0.717, 1.165) is 18.6 Å². The van der Waals surface area contributed by atoms with Gasteiger partial charge in [-0.15, -0.1) is 11.8 Å². The van der Waals surface area contributed by atoms with E-state index in [1.807, 2.05) is 6.92 Å². The van der Waals surface area contributed by atoms with Crippen molar-refractivity contribution in [2.45, 2.75) is 31.4 Å². The summed E-state index contributed by atoms with van der Waals surface area (Å²) >= 11 is 1.64. The van der Waals surface area contributed by atoms with Crippen LogP contribution in [0.2, 0.25) is 0 Å². The van der Waals surface area contributed by atoms with Crippen LogP contribution in [0.3, 0.4) is 0 Å². The molecule has 0 saturated heterocycles. The van der Waals surface area contributed by atoms with Crippen LogP contribution in [0.25, 0.3) is 0 Å². The van der Waals surface area contributed by atoms with E-state index in [-0.39, 0.29) is 22.5 Å². The first kappa shape index (κ1) is 14.4. The highest BCUT2D eigenvalue weighted by atomic mass is 32.2. The van der Waals surface area contributed by atoms with Crippen molar-refractivity contribution in [1.82, 2.24) is 4.90 Å². The average molecular weight is 259 g/mol. The highest BCUT2D eigenvalue weighted by Crippen LogP contribution is 2.51. The van der Waals surface area contributed by atoms with Gasteiger partial charge in [0.2, 0.25) is 5.91 Å². The van der Waals surface area contributed by atoms with Crippen molar-refractivity contribution in [3.63, 3.8) is 0 Å². The quantitative estimate of drug-likeness (QED) is 0.679. The number of esters is 1. The molecular weight excluding hydrogens is 238 g/mol. The molecule has 5 heteroatoms. The van der Waals surface area contributed by atoms with Gasteiger partial charge in [0.05, 0.1) is 18.8 Å². The Morgan fingerprint density at radius 1 is 1.41 bits per heavy atom. The molecule has 0 heterocycles. The summed E-state index contributed by atoms with van der Waals surface area (Å²) in [5, 5.41) is -0.0416. The molecule has 0 aromatic heterocycles. The molecule has 0 N–H and O–H groups in total. The molecule has 1 amide bonds. The summed E-state index contributed by atoms with van der Waals surface area (Å²) in [4.78, 5) is 24.5. The lowest BCUT2D eigenvalue weighted by atomic mass is 10.1. The Hall–Kier alpha value is -0.710. The van der Waals surface area contributed by atoms with Crippen LogP contribution in [0.4, 0.5) is 0 Å². The van der Waals surface area contributed by atoms with E-state index < -0.39 is 0 Å². The maximum atomic E-state index is 11.7. The van der Waals surface area contributed by atoms with E-state index in [1.165, 1.54) is 7.11 Å². The van der Waals surface area contributed by atoms with Crippen molar-refractivity contribution >= 4 is 23.6 Å². The number of carbonyl (C=O) groups excluding carboxylic acids is 2. The smallest absolute Gasteiger partial charge is 0.306 e. The lowest BCUT2D eigenvalue weighted by Gasteiger charge is -2.19. The maximum absolute atomic E-state index is 11.7. The van der Waals surface area contributed by atoms with Gasteiger partial charge in [0.15, 0.2) is 0 Å². The second-order valence-corrected chi connectivity index (χ2v) is 6.27. The number of carbonyl (C=O) groups is 2. The minimum Gasteiger partial charge on any atom is -0.469 e. The van der Waals surface area contributed by atoms with Gasteiger partial charge in [-0.05, 0) is 25.2 Å². The van der Waals surface area contributed by atoms with Gasteiger partial charge in [-0.1, -0.05) is 0 Å². The van der Waals surface area contributed by atoms with Crippen molar-refractivity contribution in [1.29, 1.82) is 0 Å². The van der Waals surface area contributed by atoms with Crippen LogP contribution < -0.4 is 0 Å². The number of hydrogen-bond donors (Lipinski definition) is 0. The molecule has 0 bridgehead atoms. The Morgan fingerprint density at radius 3 is 2.41 bits per heavy atom. The molecule has 1 atom stereocenters. The van der Waals surface area contributed by atoms with Gasteiger partial charge in [0.25, 0.3) is 0 Å². The third kappa shape index (κ3) is 4.22. The highest BCUT2D eigenvalue weighted by Gasteiger charge is 2.45. The standard InChI is InChI=1S/C12H21NO3S/c1-9(11(15)13(2)3)17-8-12(5-6-12)7-10(14)16-4/h9H,5-8H2,1-4H3. The minimum atomic E-state index is -0.144. The number of thioether (sulfide) groups is 1. The largest absolute Gasteiger partial charge is 0.469 e. The Kier molecular flexibility index (Phi) is 4.86. The molecule has 4 nitrogen and oxygen atoms in total. The molecule has 0 radical (unpaired) electrons. The maximum Gasteiger partial charge on any atom is 0.306 e. The summed E-state index contributed by atoms with van der Waals surface area (Å²) in [7, 11) is 4.95. The molecule has 0 aliphatic heterocycles. The van der Waals surface area contributed by atoms with Gasteiger partial charge in [-0.2, -0.15) is 0 Å². The van der Waals surface area contributed by atoms with E-state index in [2.05, 4.69) is 0 Å².